The first-order chi connectivity index (χ1) is 12.0. The van der Waals surface area contributed by atoms with Gasteiger partial charge >= 0.3 is 6.09 Å². The third-order valence-electron chi connectivity index (χ3n) is 3.96. The number of cyclic esters (lactones) is 1. The van der Waals surface area contributed by atoms with Crippen molar-refractivity contribution in [3.05, 3.63) is 35.9 Å². The number of ether oxygens (including phenoxy) is 1. The average Bonchev–Trinajstić information content (AvgIpc) is 2.95. The van der Waals surface area contributed by atoms with Gasteiger partial charge < -0.3 is 10.1 Å². The maximum absolute atomic E-state index is 13.3. The van der Waals surface area contributed by atoms with Gasteiger partial charge in [0, 0.05) is 11.1 Å². The lowest BCUT2D eigenvalue weighted by Crippen LogP contribution is -2.59. The minimum absolute atomic E-state index is 0.218. The SMILES string of the molecule is CC(C)(C)NC(C(=O)N1CCOC1=O)C(NC(C)(C)C)c1ccccc1. The molecule has 1 aromatic carbocycles. The summed E-state index contributed by atoms with van der Waals surface area (Å²) in [5, 5.41) is 6.97. The van der Waals surface area contributed by atoms with Crippen LogP contribution >= 0.6 is 0 Å². The summed E-state index contributed by atoms with van der Waals surface area (Å²) in [4.78, 5) is 26.4. The van der Waals surface area contributed by atoms with E-state index in [1.54, 1.807) is 0 Å². The summed E-state index contributed by atoms with van der Waals surface area (Å²) in [6.45, 7) is 12.7. The van der Waals surface area contributed by atoms with Crippen LogP contribution in [-0.2, 0) is 9.53 Å². The molecule has 0 bridgehead atoms. The first-order valence-corrected chi connectivity index (χ1v) is 9.06. The lowest BCUT2D eigenvalue weighted by molar-refractivity contribution is -0.131. The van der Waals surface area contributed by atoms with Crippen molar-refractivity contribution in [2.24, 2.45) is 0 Å². The normalized spacial score (nSPS) is 17.8. The Balaban J connectivity index is 2.43. The summed E-state index contributed by atoms with van der Waals surface area (Å²) in [7, 11) is 0. The zero-order chi connectivity index (χ0) is 19.5. The van der Waals surface area contributed by atoms with Crippen molar-refractivity contribution in [1.29, 1.82) is 0 Å². The molecule has 0 radical (unpaired) electrons. The first-order valence-electron chi connectivity index (χ1n) is 9.06. The molecule has 2 unspecified atom stereocenters. The second-order valence-corrected chi connectivity index (χ2v) is 8.76. The molecule has 0 spiro atoms. The Morgan fingerprint density at radius 1 is 1.04 bits per heavy atom. The molecule has 2 rings (SSSR count). The highest BCUT2D eigenvalue weighted by Gasteiger charge is 2.40. The van der Waals surface area contributed by atoms with Crippen molar-refractivity contribution in [3.63, 3.8) is 0 Å². The molecule has 1 aliphatic heterocycles. The zero-order valence-electron chi connectivity index (χ0n) is 16.6. The van der Waals surface area contributed by atoms with E-state index in [-0.39, 0.29) is 36.2 Å². The molecular formula is C20H31N3O3. The van der Waals surface area contributed by atoms with Gasteiger partial charge in [0.2, 0.25) is 0 Å². The van der Waals surface area contributed by atoms with Crippen LogP contribution in [0.5, 0.6) is 0 Å². The average molecular weight is 361 g/mol. The summed E-state index contributed by atoms with van der Waals surface area (Å²) in [5.74, 6) is -0.270. The Morgan fingerprint density at radius 3 is 2.08 bits per heavy atom. The predicted molar refractivity (Wildman–Crippen MR) is 102 cm³/mol. The summed E-state index contributed by atoms with van der Waals surface area (Å²) < 4.78 is 4.97. The maximum atomic E-state index is 13.3. The molecule has 2 amide bonds. The third kappa shape index (κ3) is 5.54. The first kappa shape index (κ1) is 20.4. The largest absolute Gasteiger partial charge is 0.447 e. The van der Waals surface area contributed by atoms with Gasteiger partial charge in [-0.3, -0.25) is 10.1 Å². The van der Waals surface area contributed by atoms with Crippen molar-refractivity contribution >= 4 is 12.0 Å². The lowest BCUT2D eigenvalue weighted by Gasteiger charge is -2.38. The van der Waals surface area contributed by atoms with Crippen LogP contribution in [0.2, 0.25) is 0 Å². The van der Waals surface area contributed by atoms with Crippen molar-refractivity contribution in [3.8, 4) is 0 Å². The second-order valence-electron chi connectivity index (χ2n) is 8.76. The summed E-state index contributed by atoms with van der Waals surface area (Å²) in [5.41, 5.74) is 0.464. The molecule has 1 aliphatic rings. The number of imide groups is 1. The molecule has 6 nitrogen and oxygen atoms in total. The molecule has 0 aromatic heterocycles. The van der Waals surface area contributed by atoms with E-state index in [0.717, 1.165) is 5.56 Å². The third-order valence-corrected chi connectivity index (χ3v) is 3.96. The van der Waals surface area contributed by atoms with Gasteiger partial charge in [-0.25, -0.2) is 9.69 Å². The van der Waals surface area contributed by atoms with E-state index < -0.39 is 12.1 Å². The minimum atomic E-state index is -0.609. The fraction of sp³-hybridized carbons (Fsp3) is 0.600. The van der Waals surface area contributed by atoms with E-state index in [1.165, 1.54) is 4.90 Å². The van der Waals surface area contributed by atoms with E-state index in [2.05, 4.69) is 31.4 Å². The number of rotatable bonds is 5. The number of nitrogens with one attached hydrogen (secondary N) is 2. The minimum Gasteiger partial charge on any atom is -0.447 e. The van der Waals surface area contributed by atoms with E-state index >= 15 is 0 Å². The fourth-order valence-electron chi connectivity index (χ4n) is 3.00. The topological polar surface area (TPSA) is 70.7 Å². The molecule has 0 saturated carbocycles. The standard InChI is InChI=1S/C20H31N3O3/c1-19(2,3)21-15(14-10-8-7-9-11-14)16(22-20(4,5)6)17(24)23-12-13-26-18(23)25/h7-11,15-16,21-22H,12-13H2,1-6H3. The van der Waals surface area contributed by atoms with Crippen LogP contribution in [0.25, 0.3) is 0 Å². The molecule has 1 aromatic rings. The summed E-state index contributed by atoms with van der Waals surface area (Å²) in [6, 6.07) is 8.94. The number of carbonyl (C=O) groups is 2. The van der Waals surface area contributed by atoms with Crippen molar-refractivity contribution in [2.75, 3.05) is 13.2 Å². The van der Waals surface area contributed by atoms with Gasteiger partial charge in [0.15, 0.2) is 0 Å². The van der Waals surface area contributed by atoms with Gasteiger partial charge in [-0.2, -0.15) is 0 Å². The number of nitrogens with zero attached hydrogens (tertiary/aromatic N) is 1. The predicted octanol–water partition coefficient (Wildman–Crippen LogP) is 2.85. The molecule has 1 saturated heterocycles. The number of hydrogen-bond donors (Lipinski definition) is 2. The van der Waals surface area contributed by atoms with E-state index in [4.69, 9.17) is 4.74 Å². The molecule has 144 valence electrons. The molecule has 0 aliphatic carbocycles. The van der Waals surface area contributed by atoms with E-state index in [9.17, 15) is 9.59 Å². The van der Waals surface area contributed by atoms with Crippen LogP contribution in [0.15, 0.2) is 30.3 Å². The van der Waals surface area contributed by atoms with Gasteiger partial charge in [0.25, 0.3) is 5.91 Å². The maximum Gasteiger partial charge on any atom is 0.416 e. The number of carbonyl (C=O) groups excluding carboxylic acids is 2. The highest BCUT2D eigenvalue weighted by Crippen LogP contribution is 2.24. The van der Waals surface area contributed by atoms with Gasteiger partial charge in [0.05, 0.1) is 12.6 Å². The van der Waals surface area contributed by atoms with Gasteiger partial charge in [0.1, 0.15) is 12.6 Å². The lowest BCUT2D eigenvalue weighted by atomic mass is 9.92. The van der Waals surface area contributed by atoms with Crippen molar-refractivity contribution in [1.82, 2.24) is 15.5 Å². The van der Waals surface area contributed by atoms with Gasteiger partial charge in [-0.05, 0) is 47.1 Å². The van der Waals surface area contributed by atoms with Crippen LogP contribution in [0.1, 0.15) is 53.1 Å². The quantitative estimate of drug-likeness (QED) is 0.844. The molecule has 2 N–H and O–H groups in total. The molecule has 2 atom stereocenters. The second kappa shape index (κ2) is 7.76. The summed E-state index contributed by atoms with van der Waals surface area (Å²) >= 11 is 0. The summed E-state index contributed by atoms with van der Waals surface area (Å²) in [6.07, 6.45) is -0.571. The highest BCUT2D eigenvalue weighted by atomic mass is 16.6. The van der Waals surface area contributed by atoms with Crippen LogP contribution in [0.3, 0.4) is 0 Å². The zero-order valence-corrected chi connectivity index (χ0v) is 16.6. The Bertz CT molecular complexity index is 632. The number of benzene rings is 1. The van der Waals surface area contributed by atoms with Crippen LogP contribution in [0, 0.1) is 0 Å². The van der Waals surface area contributed by atoms with Crippen LogP contribution in [0.4, 0.5) is 4.79 Å². The Labute approximate surface area is 156 Å². The van der Waals surface area contributed by atoms with Crippen LogP contribution in [-0.4, -0.2) is 47.2 Å². The van der Waals surface area contributed by atoms with Crippen LogP contribution < -0.4 is 10.6 Å². The fourth-order valence-corrected chi connectivity index (χ4v) is 3.00. The Morgan fingerprint density at radius 2 is 1.62 bits per heavy atom. The number of hydrogen-bond acceptors (Lipinski definition) is 5. The monoisotopic (exact) mass is 361 g/mol. The molecule has 1 heterocycles. The van der Waals surface area contributed by atoms with Gasteiger partial charge in [-0.1, -0.05) is 30.3 Å². The highest BCUT2D eigenvalue weighted by molar-refractivity contribution is 5.96. The molecule has 26 heavy (non-hydrogen) atoms. The van der Waals surface area contributed by atoms with Gasteiger partial charge in [-0.15, -0.1) is 0 Å². The van der Waals surface area contributed by atoms with E-state index in [1.807, 2.05) is 51.1 Å². The molecular weight excluding hydrogens is 330 g/mol. The molecule has 6 heteroatoms. The van der Waals surface area contributed by atoms with Crippen molar-refractivity contribution in [2.45, 2.75) is 64.7 Å². The van der Waals surface area contributed by atoms with Crippen molar-refractivity contribution < 1.29 is 14.3 Å². The number of amides is 2. The Hall–Kier alpha value is -1.92. The Kier molecular flexibility index (Phi) is 6.09. The van der Waals surface area contributed by atoms with E-state index in [0.29, 0.717) is 0 Å². The molecule has 1 fully saturated rings. The smallest absolute Gasteiger partial charge is 0.416 e.